The monoisotopic (exact) mass is 434 g/mol. The fraction of sp³-hybridized carbons (Fsp3) is 0.522. The summed E-state index contributed by atoms with van der Waals surface area (Å²) in [7, 11) is 0. The maximum absolute atomic E-state index is 13.0. The van der Waals surface area contributed by atoms with Gasteiger partial charge in [-0.2, -0.15) is 15.2 Å². The van der Waals surface area contributed by atoms with Gasteiger partial charge in [0.25, 0.3) is 0 Å². The number of hydrogen-bond acceptors (Lipinski definition) is 7. The number of H-pyrrole nitrogens is 2. The number of rotatable bonds is 8. The van der Waals surface area contributed by atoms with Gasteiger partial charge in [0, 0.05) is 42.2 Å². The number of aromatic nitrogens is 6. The molecule has 1 unspecified atom stereocenters. The van der Waals surface area contributed by atoms with E-state index in [2.05, 4.69) is 44.5 Å². The molecule has 1 saturated heterocycles. The minimum atomic E-state index is -0.164. The standard InChI is InChI=1S/C23H30N8O/c1-14(2)18-13-21(30-29-18)26-22-16-5-3-6-17(16)25-23(27-22)31-12-4-7-19(31)20(32)9-8-15-10-11-24-28-15/h10-11,13-14,19H,3-9,12H2,1-2H3,(H,24,28)(H2,25,26,27,29,30). The van der Waals surface area contributed by atoms with Gasteiger partial charge in [-0.05, 0) is 50.5 Å². The molecule has 0 bridgehead atoms. The number of ketones is 1. The number of nitrogens with zero attached hydrogens (tertiary/aromatic N) is 5. The van der Waals surface area contributed by atoms with E-state index in [1.807, 2.05) is 12.1 Å². The van der Waals surface area contributed by atoms with E-state index in [4.69, 9.17) is 9.97 Å². The smallest absolute Gasteiger partial charge is 0.228 e. The Morgan fingerprint density at radius 2 is 2.16 bits per heavy atom. The van der Waals surface area contributed by atoms with Gasteiger partial charge in [0.2, 0.25) is 5.95 Å². The number of anilines is 3. The Morgan fingerprint density at radius 1 is 1.25 bits per heavy atom. The summed E-state index contributed by atoms with van der Waals surface area (Å²) in [5.41, 5.74) is 4.33. The average molecular weight is 435 g/mol. The van der Waals surface area contributed by atoms with Gasteiger partial charge in [0.15, 0.2) is 11.6 Å². The molecule has 0 amide bonds. The van der Waals surface area contributed by atoms with Crippen molar-refractivity contribution in [2.45, 2.75) is 70.8 Å². The van der Waals surface area contributed by atoms with Crippen molar-refractivity contribution < 1.29 is 4.79 Å². The minimum absolute atomic E-state index is 0.164. The summed E-state index contributed by atoms with van der Waals surface area (Å²) < 4.78 is 0. The lowest BCUT2D eigenvalue weighted by molar-refractivity contribution is -0.120. The van der Waals surface area contributed by atoms with Crippen molar-refractivity contribution >= 4 is 23.4 Å². The van der Waals surface area contributed by atoms with Crippen LogP contribution >= 0.6 is 0 Å². The Bertz CT molecular complexity index is 1090. The molecule has 3 aromatic rings. The van der Waals surface area contributed by atoms with Crippen molar-refractivity contribution in [3.8, 4) is 0 Å². The summed E-state index contributed by atoms with van der Waals surface area (Å²) in [5, 5.41) is 17.8. The van der Waals surface area contributed by atoms with Crippen LogP contribution in [-0.4, -0.2) is 48.7 Å². The third-order valence-corrected chi connectivity index (χ3v) is 6.47. The van der Waals surface area contributed by atoms with Crippen LogP contribution in [0.4, 0.5) is 17.6 Å². The summed E-state index contributed by atoms with van der Waals surface area (Å²) in [6.45, 7) is 5.07. The number of nitrogens with one attached hydrogen (secondary N) is 3. The lowest BCUT2D eigenvalue weighted by atomic mass is 10.0. The zero-order chi connectivity index (χ0) is 22.1. The van der Waals surface area contributed by atoms with E-state index in [0.29, 0.717) is 24.7 Å². The molecule has 3 N–H and O–H groups in total. The molecule has 1 atom stereocenters. The molecule has 32 heavy (non-hydrogen) atoms. The minimum Gasteiger partial charge on any atom is -0.331 e. The van der Waals surface area contributed by atoms with E-state index in [0.717, 1.165) is 67.4 Å². The normalized spacial score (nSPS) is 17.8. The second kappa shape index (κ2) is 8.72. The lowest BCUT2D eigenvalue weighted by Crippen LogP contribution is -2.37. The first-order chi connectivity index (χ1) is 15.6. The predicted octanol–water partition coefficient (Wildman–Crippen LogP) is 3.45. The highest BCUT2D eigenvalue weighted by molar-refractivity contribution is 5.87. The van der Waals surface area contributed by atoms with Gasteiger partial charge in [-0.15, -0.1) is 0 Å². The van der Waals surface area contributed by atoms with Gasteiger partial charge in [-0.25, -0.2) is 4.98 Å². The Balaban J connectivity index is 1.37. The second-order valence-electron chi connectivity index (χ2n) is 9.04. The number of Topliss-reactive ketones (excluding diaryl/α,β-unsaturated/α-hetero) is 1. The molecular formula is C23H30N8O. The first kappa shape index (κ1) is 20.7. The number of hydrogen-bond donors (Lipinski definition) is 3. The molecule has 9 heteroatoms. The molecule has 0 aromatic carbocycles. The molecule has 0 saturated carbocycles. The van der Waals surface area contributed by atoms with Crippen LogP contribution in [0.5, 0.6) is 0 Å². The zero-order valence-corrected chi connectivity index (χ0v) is 18.7. The number of aromatic amines is 2. The molecule has 1 aliphatic carbocycles. The van der Waals surface area contributed by atoms with Crippen LogP contribution in [0.15, 0.2) is 18.3 Å². The third-order valence-electron chi connectivity index (χ3n) is 6.47. The summed E-state index contributed by atoms with van der Waals surface area (Å²) in [5.74, 6) is 2.86. The van der Waals surface area contributed by atoms with Crippen LogP contribution in [0.25, 0.3) is 0 Å². The molecule has 1 fully saturated rings. The Hall–Kier alpha value is -3.23. The van der Waals surface area contributed by atoms with Crippen molar-refractivity contribution in [1.29, 1.82) is 0 Å². The van der Waals surface area contributed by atoms with E-state index < -0.39 is 0 Å². The van der Waals surface area contributed by atoms with Gasteiger partial charge in [-0.3, -0.25) is 15.0 Å². The highest BCUT2D eigenvalue weighted by atomic mass is 16.1. The molecule has 0 spiro atoms. The SMILES string of the molecule is CC(C)c1cc(Nc2nc(N3CCCC3C(=O)CCc3ccn[nH]3)nc3c2CCC3)n[nH]1. The van der Waals surface area contributed by atoms with E-state index in [1.54, 1.807) is 6.20 Å². The number of carbonyl (C=O) groups is 1. The topological polar surface area (TPSA) is 115 Å². The molecule has 1 aliphatic heterocycles. The maximum atomic E-state index is 13.0. The van der Waals surface area contributed by atoms with Gasteiger partial charge in [-0.1, -0.05) is 13.8 Å². The van der Waals surface area contributed by atoms with Crippen molar-refractivity contribution in [2.24, 2.45) is 0 Å². The lowest BCUT2D eigenvalue weighted by Gasteiger charge is -2.25. The summed E-state index contributed by atoms with van der Waals surface area (Å²) in [4.78, 5) is 24.9. The summed E-state index contributed by atoms with van der Waals surface area (Å²) >= 11 is 0. The number of carbonyl (C=O) groups excluding carboxylic acids is 1. The molecule has 3 aromatic heterocycles. The van der Waals surface area contributed by atoms with Crippen molar-refractivity contribution in [3.63, 3.8) is 0 Å². The van der Waals surface area contributed by atoms with Crippen molar-refractivity contribution in [3.05, 3.63) is 41.0 Å². The Kier molecular flexibility index (Phi) is 5.63. The van der Waals surface area contributed by atoms with E-state index in [-0.39, 0.29) is 11.8 Å². The molecule has 9 nitrogen and oxygen atoms in total. The highest BCUT2D eigenvalue weighted by Crippen LogP contribution is 2.33. The molecule has 0 radical (unpaired) electrons. The van der Waals surface area contributed by atoms with Crippen LogP contribution in [0.1, 0.15) is 68.1 Å². The highest BCUT2D eigenvalue weighted by Gasteiger charge is 2.33. The van der Waals surface area contributed by atoms with Crippen LogP contribution in [0.3, 0.4) is 0 Å². The van der Waals surface area contributed by atoms with Gasteiger partial charge < -0.3 is 10.2 Å². The van der Waals surface area contributed by atoms with Gasteiger partial charge >= 0.3 is 0 Å². The van der Waals surface area contributed by atoms with Gasteiger partial charge in [0.05, 0.1) is 11.7 Å². The van der Waals surface area contributed by atoms with Crippen LogP contribution < -0.4 is 10.2 Å². The predicted molar refractivity (Wildman–Crippen MR) is 122 cm³/mol. The third kappa shape index (κ3) is 4.11. The van der Waals surface area contributed by atoms with E-state index >= 15 is 0 Å². The van der Waals surface area contributed by atoms with Crippen LogP contribution in [-0.2, 0) is 24.1 Å². The zero-order valence-electron chi connectivity index (χ0n) is 18.7. The van der Waals surface area contributed by atoms with Gasteiger partial charge in [0.1, 0.15) is 5.82 Å². The first-order valence-electron chi connectivity index (χ1n) is 11.6. The molecule has 168 valence electrons. The average Bonchev–Trinajstić information content (AvgIpc) is 3.58. The fourth-order valence-corrected chi connectivity index (χ4v) is 4.66. The fourth-order valence-electron chi connectivity index (χ4n) is 4.66. The first-order valence-corrected chi connectivity index (χ1v) is 11.6. The molecular weight excluding hydrogens is 404 g/mol. The molecule has 4 heterocycles. The Labute approximate surface area is 187 Å². The van der Waals surface area contributed by atoms with Crippen LogP contribution in [0, 0.1) is 0 Å². The van der Waals surface area contributed by atoms with Crippen molar-refractivity contribution in [1.82, 2.24) is 30.4 Å². The summed E-state index contributed by atoms with van der Waals surface area (Å²) in [6.07, 6.45) is 7.70. The van der Waals surface area contributed by atoms with E-state index in [9.17, 15) is 4.79 Å². The van der Waals surface area contributed by atoms with Crippen LogP contribution in [0.2, 0.25) is 0 Å². The number of fused-ring (bicyclic) bond motifs is 1. The quantitative estimate of drug-likeness (QED) is 0.497. The number of aryl methyl sites for hydroxylation is 2. The van der Waals surface area contributed by atoms with E-state index in [1.165, 1.54) is 5.56 Å². The molecule has 5 rings (SSSR count). The molecule has 2 aliphatic rings. The summed E-state index contributed by atoms with van der Waals surface area (Å²) in [6, 6.07) is 3.79. The second-order valence-corrected chi connectivity index (χ2v) is 9.04. The maximum Gasteiger partial charge on any atom is 0.228 e. The largest absolute Gasteiger partial charge is 0.331 e. The van der Waals surface area contributed by atoms with Crippen molar-refractivity contribution in [2.75, 3.05) is 16.8 Å². The Morgan fingerprint density at radius 3 is 2.94 bits per heavy atom.